The molecule has 1 aliphatic heterocycles. The zero-order chi connectivity index (χ0) is 17.3. The second-order valence-corrected chi connectivity index (χ2v) is 6.29. The van der Waals surface area contributed by atoms with Gasteiger partial charge in [0.15, 0.2) is 6.61 Å². The van der Waals surface area contributed by atoms with Crippen LogP contribution in [-0.4, -0.2) is 60.0 Å². The van der Waals surface area contributed by atoms with Crippen molar-refractivity contribution in [3.05, 3.63) is 60.4 Å². The van der Waals surface area contributed by atoms with Gasteiger partial charge in [-0.3, -0.25) is 14.7 Å². The largest absolute Gasteiger partial charge is 0.484 e. The Kier molecular flexibility index (Phi) is 6.40. The van der Waals surface area contributed by atoms with Crippen LogP contribution in [0.15, 0.2) is 54.9 Å². The van der Waals surface area contributed by atoms with Crippen LogP contribution in [0.25, 0.3) is 0 Å². The van der Waals surface area contributed by atoms with Gasteiger partial charge >= 0.3 is 0 Å². The SMILES string of the molecule is O=C(COc1ccccc1)N1CCN(CCCc2cccnc2)CC1. The number of para-hydroxylation sites is 1. The number of hydrogen-bond acceptors (Lipinski definition) is 4. The van der Waals surface area contributed by atoms with Crippen molar-refractivity contribution in [2.24, 2.45) is 0 Å². The standard InChI is InChI=1S/C20H25N3O2/c24-20(17-25-19-8-2-1-3-9-19)23-14-12-22(13-15-23)11-5-7-18-6-4-10-21-16-18/h1-4,6,8-10,16H,5,7,11-15,17H2. The molecule has 0 N–H and O–H groups in total. The Morgan fingerprint density at radius 2 is 1.84 bits per heavy atom. The summed E-state index contributed by atoms with van der Waals surface area (Å²) in [6, 6.07) is 13.6. The van der Waals surface area contributed by atoms with Crippen LogP contribution in [0.3, 0.4) is 0 Å². The summed E-state index contributed by atoms with van der Waals surface area (Å²) >= 11 is 0. The van der Waals surface area contributed by atoms with Crippen molar-refractivity contribution in [2.45, 2.75) is 12.8 Å². The first-order valence-electron chi connectivity index (χ1n) is 8.88. The quantitative estimate of drug-likeness (QED) is 0.776. The van der Waals surface area contributed by atoms with Crippen LogP contribution < -0.4 is 4.74 Å². The molecule has 1 aliphatic rings. The van der Waals surface area contributed by atoms with Crippen LogP contribution in [0.2, 0.25) is 0 Å². The van der Waals surface area contributed by atoms with E-state index in [9.17, 15) is 4.79 Å². The lowest BCUT2D eigenvalue weighted by molar-refractivity contribution is -0.135. The first-order valence-corrected chi connectivity index (χ1v) is 8.88. The van der Waals surface area contributed by atoms with Gasteiger partial charge in [-0.05, 0) is 43.1 Å². The maximum Gasteiger partial charge on any atom is 0.260 e. The molecule has 1 fully saturated rings. The van der Waals surface area contributed by atoms with Gasteiger partial charge in [-0.25, -0.2) is 0 Å². The first-order chi connectivity index (χ1) is 12.3. The minimum atomic E-state index is 0.0684. The summed E-state index contributed by atoms with van der Waals surface area (Å²) in [7, 11) is 0. The monoisotopic (exact) mass is 339 g/mol. The number of rotatable bonds is 7. The third kappa shape index (κ3) is 5.57. The highest BCUT2D eigenvalue weighted by Crippen LogP contribution is 2.10. The average Bonchev–Trinajstić information content (AvgIpc) is 2.68. The second-order valence-electron chi connectivity index (χ2n) is 6.29. The van der Waals surface area contributed by atoms with Gasteiger partial charge in [0, 0.05) is 38.6 Å². The molecule has 132 valence electrons. The molecular formula is C20H25N3O2. The number of benzene rings is 1. The second kappa shape index (κ2) is 9.18. The normalized spacial score (nSPS) is 15.1. The van der Waals surface area contributed by atoms with E-state index in [0.29, 0.717) is 0 Å². The first kappa shape index (κ1) is 17.4. The molecule has 5 nitrogen and oxygen atoms in total. The lowest BCUT2D eigenvalue weighted by Gasteiger charge is -2.34. The van der Waals surface area contributed by atoms with Gasteiger partial charge in [0.05, 0.1) is 0 Å². The molecule has 0 aliphatic carbocycles. The molecule has 25 heavy (non-hydrogen) atoms. The van der Waals surface area contributed by atoms with Crippen LogP contribution in [0.4, 0.5) is 0 Å². The number of piperazine rings is 1. The number of aromatic nitrogens is 1. The van der Waals surface area contributed by atoms with Gasteiger partial charge in [0.2, 0.25) is 0 Å². The molecular weight excluding hydrogens is 314 g/mol. The van der Waals surface area contributed by atoms with Crippen LogP contribution in [0.5, 0.6) is 5.75 Å². The van der Waals surface area contributed by atoms with E-state index >= 15 is 0 Å². The number of aryl methyl sites for hydroxylation is 1. The number of nitrogens with zero attached hydrogens (tertiary/aromatic N) is 3. The number of carbonyl (C=O) groups excluding carboxylic acids is 1. The van der Waals surface area contributed by atoms with Crippen molar-refractivity contribution in [1.29, 1.82) is 0 Å². The Bertz CT molecular complexity index is 641. The highest BCUT2D eigenvalue weighted by atomic mass is 16.5. The van der Waals surface area contributed by atoms with Gasteiger partial charge in [-0.2, -0.15) is 0 Å². The van der Waals surface area contributed by atoms with Crippen LogP contribution in [-0.2, 0) is 11.2 Å². The van der Waals surface area contributed by atoms with E-state index in [4.69, 9.17) is 4.74 Å². The minimum Gasteiger partial charge on any atom is -0.484 e. The van der Waals surface area contributed by atoms with Crippen LogP contribution >= 0.6 is 0 Å². The summed E-state index contributed by atoms with van der Waals surface area (Å²) in [5, 5.41) is 0. The summed E-state index contributed by atoms with van der Waals surface area (Å²) in [5.41, 5.74) is 1.29. The Morgan fingerprint density at radius 1 is 1.04 bits per heavy atom. The molecule has 0 atom stereocenters. The molecule has 0 bridgehead atoms. The molecule has 1 saturated heterocycles. The van der Waals surface area contributed by atoms with Crippen molar-refractivity contribution < 1.29 is 9.53 Å². The molecule has 3 rings (SSSR count). The van der Waals surface area contributed by atoms with E-state index in [1.807, 2.05) is 47.5 Å². The van der Waals surface area contributed by atoms with Gasteiger partial charge in [-0.1, -0.05) is 24.3 Å². The third-order valence-electron chi connectivity index (χ3n) is 4.49. The number of hydrogen-bond donors (Lipinski definition) is 0. The van der Waals surface area contributed by atoms with Gasteiger partial charge < -0.3 is 9.64 Å². The molecule has 0 saturated carbocycles. The van der Waals surface area contributed by atoms with Crippen molar-refractivity contribution >= 4 is 5.91 Å². The van der Waals surface area contributed by atoms with E-state index in [0.717, 1.165) is 51.3 Å². The molecule has 0 radical (unpaired) electrons. The highest BCUT2D eigenvalue weighted by Gasteiger charge is 2.21. The molecule has 0 spiro atoms. The predicted octanol–water partition coefficient (Wildman–Crippen LogP) is 2.24. The van der Waals surface area contributed by atoms with Gasteiger partial charge in [-0.15, -0.1) is 0 Å². The van der Waals surface area contributed by atoms with Crippen molar-refractivity contribution in [3.8, 4) is 5.75 Å². The third-order valence-corrected chi connectivity index (χ3v) is 4.49. The minimum absolute atomic E-state index is 0.0684. The number of pyridine rings is 1. The maximum atomic E-state index is 12.3. The highest BCUT2D eigenvalue weighted by molar-refractivity contribution is 5.77. The number of carbonyl (C=O) groups is 1. The Morgan fingerprint density at radius 3 is 2.56 bits per heavy atom. The summed E-state index contributed by atoms with van der Waals surface area (Å²) < 4.78 is 5.55. The van der Waals surface area contributed by atoms with Crippen LogP contribution in [0.1, 0.15) is 12.0 Å². The van der Waals surface area contributed by atoms with Gasteiger partial charge in [0.1, 0.15) is 5.75 Å². The van der Waals surface area contributed by atoms with E-state index in [2.05, 4.69) is 16.0 Å². The average molecular weight is 339 g/mol. The summed E-state index contributed by atoms with van der Waals surface area (Å²) in [4.78, 5) is 20.7. The van der Waals surface area contributed by atoms with E-state index in [1.165, 1.54) is 5.56 Å². The fourth-order valence-electron chi connectivity index (χ4n) is 3.03. The van der Waals surface area contributed by atoms with Crippen LogP contribution in [0, 0.1) is 0 Å². The van der Waals surface area contributed by atoms with Crippen molar-refractivity contribution in [1.82, 2.24) is 14.8 Å². The molecule has 1 aromatic heterocycles. The van der Waals surface area contributed by atoms with E-state index in [1.54, 1.807) is 6.20 Å². The summed E-state index contributed by atoms with van der Waals surface area (Å²) in [6.07, 6.45) is 5.92. The zero-order valence-electron chi connectivity index (χ0n) is 14.5. The Balaban J connectivity index is 1.33. The molecule has 2 heterocycles. The Hall–Kier alpha value is -2.40. The molecule has 0 unspecified atom stereocenters. The van der Waals surface area contributed by atoms with Crippen molar-refractivity contribution in [3.63, 3.8) is 0 Å². The van der Waals surface area contributed by atoms with Gasteiger partial charge in [0.25, 0.3) is 5.91 Å². The lowest BCUT2D eigenvalue weighted by Crippen LogP contribution is -2.50. The van der Waals surface area contributed by atoms with E-state index in [-0.39, 0.29) is 12.5 Å². The molecule has 1 amide bonds. The maximum absolute atomic E-state index is 12.3. The Labute approximate surface area is 149 Å². The topological polar surface area (TPSA) is 45.7 Å². The summed E-state index contributed by atoms with van der Waals surface area (Å²) in [5.74, 6) is 0.809. The molecule has 2 aromatic rings. The molecule has 5 heteroatoms. The predicted molar refractivity (Wildman–Crippen MR) is 97.5 cm³/mol. The zero-order valence-corrected chi connectivity index (χ0v) is 14.5. The number of ether oxygens (including phenoxy) is 1. The lowest BCUT2D eigenvalue weighted by atomic mass is 10.1. The van der Waals surface area contributed by atoms with Crippen molar-refractivity contribution in [2.75, 3.05) is 39.3 Å². The molecule has 1 aromatic carbocycles. The number of amides is 1. The summed E-state index contributed by atoms with van der Waals surface area (Å²) in [6.45, 7) is 4.62. The fourth-order valence-corrected chi connectivity index (χ4v) is 3.03. The van der Waals surface area contributed by atoms with E-state index < -0.39 is 0 Å². The smallest absolute Gasteiger partial charge is 0.260 e. The fraction of sp³-hybridized carbons (Fsp3) is 0.400.